The van der Waals surface area contributed by atoms with E-state index in [4.69, 9.17) is 0 Å². The van der Waals surface area contributed by atoms with Crippen molar-refractivity contribution >= 4 is 5.96 Å². The number of hydrogen-bond donors (Lipinski definition) is 2. The lowest BCUT2D eigenvalue weighted by atomic mass is 10.1. The molecular weight excluding hydrogens is 367 g/mol. The minimum Gasteiger partial charge on any atom is -0.357 e. The Kier molecular flexibility index (Phi) is 7.63. The number of hydrogen-bond acceptors (Lipinski definition) is 3. The van der Waals surface area contributed by atoms with Crippen LogP contribution in [0.1, 0.15) is 44.5 Å². The Labute approximate surface area is 173 Å². The molecule has 0 radical (unpaired) electrons. The number of aliphatic imine (C=N–C) groups is 1. The van der Waals surface area contributed by atoms with Gasteiger partial charge in [0, 0.05) is 38.1 Å². The number of halogens is 1. The smallest absolute Gasteiger partial charge is 0.191 e. The first-order valence-corrected chi connectivity index (χ1v) is 10.7. The highest BCUT2D eigenvalue weighted by atomic mass is 19.1. The molecule has 0 amide bonds. The quantitative estimate of drug-likeness (QED) is 0.553. The first kappa shape index (κ1) is 21.3. The molecule has 1 aromatic heterocycles. The van der Waals surface area contributed by atoms with Crippen LogP contribution in [0, 0.1) is 12.7 Å². The molecule has 29 heavy (non-hydrogen) atoms. The fraction of sp³-hybridized carbons (Fsp3) is 0.545. The third kappa shape index (κ3) is 5.79. The second-order valence-electron chi connectivity index (χ2n) is 7.59. The number of imidazole rings is 1. The lowest BCUT2D eigenvalue weighted by Gasteiger charge is -2.32. The second-order valence-corrected chi connectivity index (χ2v) is 7.59. The number of nitrogens with one attached hydrogen (secondary N) is 2. The molecule has 2 heterocycles. The van der Waals surface area contributed by atoms with E-state index in [9.17, 15) is 4.39 Å². The zero-order valence-corrected chi connectivity index (χ0v) is 17.8. The fourth-order valence-corrected chi connectivity index (χ4v) is 3.78. The lowest BCUT2D eigenvalue weighted by molar-refractivity contribution is 0.206. The van der Waals surface area contributed by atoms with Gasteiger partial charge in [-0.05, 0) is 57.4 Å². The van der Waals surface area contributed by atoms with Crippen molar-refractivity contribution in [2.45, 2.75) is 52.6 Å². The van der Waals surface area contributed by atoms with Crippen molar-refractivity contribution in [2.75, 3.05) is 26.2 Å². The van der Waals surface area contributed by atoms with Crippen LogP contribution in [0.3, 0.4) is 0 Å². The van der Waals surface area contributed by atoms with Crippen LogP contribution in [0.25, 0.3) is 5.69 Å². The molecule has 0 unspecified atom stereocenters. The van der Waals surface area contributed by atoms with Crippen LogP contribution in [0.4, 0.5) is 4.39 Å². The average Bonchev–Trinajstić information content (AvgIpc) is 3.14. The zero-order valence-electron chi connectivity index (χ0n) is 17.8. The highest BCUT2D eigenvalue weighted by Gasteiger charge is 2.19. The summed E-state index contributed by atoms with van der Waals surface area (Å²) in [7, 11) is 0. The third-order valence-electron chi connectivity index (χ3n) is 5.33. The van der Waals surface area contributed by atoms with Crippen LogP contribution in [-0.4, -0.2) is 52.6 Å². The van der Waals surface area contributed by atoms with Crippen molar-refractivity contribution in [1.82, 2.24) is 25.1 Å². The third-order valence-corrected chi connectivity index (χ3v) is 5.33. The maximum Gasteiger partial charge on any atom is 0.191 e. The number of piperidine rings is 1. The minimum absolute atomic E-state index is 0.264. The molecule has 2 N–H and O–H groups in total. The van der Waals surface area contributed by atoms with Gasteiger partial charge in [-0.1, -0.05) is 13.0 Å². The predicted molar refractivity (Wildman–Crippen MR) is 116 cm³/mol. The summed E-state index contributed by atoms with van der Waals surface area (Å²) in [6.07, 6.45) is 6.90. The van der Waals surface area contributed by atoms with Crippen LogP contribution < -0.4 is 10.6 Å². The van der Waals surface area contributed by atoms with Crippen molar-refractivity contribution in [2.24, 2.45) is 4.99 Å². The van der Waals surface area contributed by atoms with Crippen molar-refractivity contribution < 1.29 is 4.39 Å². The SMILES string of the molecule is CCCN1CCC(NC(=NCc2ccc(-n3ccnc3C)c(F)c2)NCC)CC1. The van der Waals surface area contributed by atoms with E-state index < -0.39 is 0 Å². The molecule has 0 saturated carbocycles. The summed E-state index contributed by atoms with van der Waals surface area (Å²) in [5, 5.41) is 6.86. The number of likely N-dealkylation sites (tertiary alicyclic amines) is 1. The van der Waals surface area contributed by atoms with Gasteiger partial charge in [0.1, 0.15) is 11.6 Å². The molecule has 1 aliphatic heterocycles. The van der Waals surface area contributed by atoms with Gasteiger partial charge in [0.2, 0.25) is 0 Å². The summed E-state index contributed by atoms with van der Waals surface area (Å²) >= 11 is 0. The topological polar surface area (TPSA) is 57.5 Å². The standard InChI is InChI=1S/C22H33FN6/c1-4-11-28-12-8-19(9-13-28)27-22(24-5-2)26-16-18-6-7-21(20(23)15-18)29-14-10-25-17(29)3/h6-7,10,14-15,19H,4-5,8-9,11-13,16H2,1-3H3,(H2,24,26,27). The molecule has 3 rings (SSSR count). The van der Waals surface area contributed by atoms with E-state index in [1.165, 1.54) is 13.0 Å². The van der Waals surface area contributed by atoms with Gasteiger partial charge in [-0.25, -0.2) is 14.4 Å². The molecule has 158 valence electrons. The van der Waals surface area contributed by atoms with Gasteiger partial charge < -0.3 is 20.1 Å². The van der Waals surface area contributed by atoms with Gasteiger partial charge in [0.05, 0.1) is 12.2 Å². The van der Waals surface area contributed by atoms with E-state index in [0.717, 1.165) is 49.8 Å². The highest BCUT2D eigenvalue weighted by molar-refractivity contribution is 5.80. The van der Waals surface area contributed by atoms with E-state index >= 15 is 0 Å². The van der Waals surface area contributed by atoms with Crippen molar-refractivity contribution in [3.8, 4) is 5.69 Å². The Hall–Kier alpha value is -2.41. The lowest BCUT2D eigenvalue weighted by Crippen LogP contribution is -2.48. The molecule has 1 aromatic carbocycles. The van der Waals surface area contributed by atoms with Crippen LogP contribution in [0.5, 0.6) is 0 Å². The van der Waals surface area contributed by atoms with E-state index in [0.29, 0.717) is 18.3 Å². The summed E-state index contributed by atoms with van der Waals surface area (Å²) in [5.41, 5.74) is 1.36. The monoisotopic (exact) mass is 400 g/mol. The van der Waals surface area contributed by atoms with E-state index in [1.807, 2.05) is 13.0 Å². The van der Waals surface area contributed by atoms with E-state index in [1.54, 1.807) is 29.1 Å². The van der Waals surface area contributed by atoms with Crippen LogP contribution in [-0.2, 0) is 6.54 Å². The number of rotatable bonds is 7. The number of nitrogens with zero attached hydrogens (tertiary/aromatic N) is 4. The molecule has 0 atom stereocenters. The van der Waals surface area contributed by atoms with Crippen LogP contribution >= 0.6 is 0 Å². The Morgan fingerprint density at radius 1 is 1.28 bits per heavy atom. The number of aryl methyl sites for hydroxylation is 1. The van der Waals surface area contributed by atoms with Crippen LogP contribution in [0.2, 0.25) is 0 Å². The summed E-state index contributed by atoms with van der Waals surface area (Å²) < 4.78 is 16.4. The average molecular weight is 401 g/mol. The van der Waals surface area contributed by atoms with Gasteiger partial charge >= 0.3 is 0 Å². The van der Waals surface area contributed by atoms with Gasteiger partial charge in [-0.3, -0.25) is 0 Å². The summed E-state index contributed by atoms with van der Waals surface area (Å²) in [6.45, 7) is 10.8. The van der Waals surface area contributed by atoms with Gasteiger partial charge in [-0.15, -0.1) is 0 Å². The summed E-state index contributed by atoms with van der Waals surface area (Å²) in [6, 6.07) is 5.71. The van der Waals surface area contributed by atoms with E-state index in [2.05, 4.69) is 39.4 Å². The molecule has 2 aromatic rings. The molecule has 7 heteroatoms. The molecule has 1 aliphatic rings. The summed E-state index contributed by atoms with van der Waals surface area (Å²) in [5.74, 6) is 1.30. The maximum absolute atomic E-state index is 14.6. The highest BCUT2D eigenvalue weighted by Crippen LogP contribution is 2.17. The molecule has 0 aliphatic carbocycles. The number of benzene rings is 1. The molecule has 1 fully saturated rings. The molecule has 0 bridgehead atoms. The van der Waals surface area contributed by atoms with Crippen molar-refractivity contribution in [3.05, 3.63) is 47.8 Å². The fourth-order valence-electron chi connectivity index (χ4n) is 3.78. The Morgan fingerprint density at radius 3 is 2.69 bits per heavy atom. The first-order chi connectivity index (χ1) is 14.1. The van der Waals surface area contributed by atoms with Crippen molar-refractivity contribution in [1.29, 1.82) is 0 Å². The number of guanidine groups is 1. The minimum atomic E-state index is -0.264. The van der Waals surface area contributed by atoms with E-state index in [-0.39, 0.29) is 5.82 Å². The molecule has 1 saturated heterocycles. The largest absolute Gasteiger partial charge is 0.357 e. The summed E-state index contributed by atoms with van der Waals surface area (Å²) in [4.78, 5) is 11.4. The Balaban J connectivity index is 1.61. The normalized spacial score (nSPS) is 16.2. The Bertz CT molecular complexity index is 807. The molecular formula is C22H33FN6. The second kappa shape index (κ2) is 10.4. The zero-order chi connectivity index (χ0) is 20.6. The maximum atomic E-state index is 14.6. The van der Waals surface area contributed by atoms with Crippen LogP contribution in [0.15, 0.2) is 35.6 Å². The number of aromatic nitrogens is 2. The molecule has 0 spiro atoms. The Morgan fingerprint density at radius 2 is 2.07 bits per heavy atom. The molecule has 6 nitrogen and oxygen atoms in total. The van der Waals surface area contributed by atoms with Gasteiger partial charge in [0.25, 0.3) is 0 Å². The first-order valence-electron chi connectivity index (χ1n) is 10.7. The predicted octanol–water partition coefficient (Wildman–Crippen LogP) is 3.25. The van der Waals surface area contributed by atoms with Gasteiger partial charge in [0.15, 0.2) is 5.96 Å². The van der Waals surface area contributed by atoms with Crippen molar-refractivity contribution in [3.63, 3.8) is 0 Å². The van der Waals surface area contributed by atoms with Gasteiger partial charge in [-0.2, -0.15) is 0 Å².